The molecule has 2 N–H and O–H groups in total. The molecule has 0 unspecified atom stereocenters. The van der Waals surface area contributed by atoms with Crippen LogP contribution in [0.15, 0.2) is 36.8 Å². The Morgan fingerprint density at radius 1 is 1.33 bits per heavy atom. The molecule has 2 aromatic heterocycles. The molecule has 30 heavy (non-hydrogen) atoms. The van der Waals surface area contributed by atoms with E-state index in [1.807, 2.05) is 6.07 Å². The van der Waals surface area contributed by atoms with Gasteiger partial charge in [-0.1, -0.05) is 6.07 Å². The number of halogens is 1. The summed E-state index contributed by atoms with van der Waals surface area (Å²) in [5.74, 6) is -0.589. The average Bonchev–Trinajstić information content (AvgIpc) is 2.78. The quantitative estimate of drug-likeness (QED) is 0.712. The Kier molecular flexibility index (Phi) is 4.98. The van der Waals surface area contributed by atoms with E-state index in [2.05, 4.69) is 15.0 Å². The first-order valence-electron chi connectivity index (χ1n) is 9.14. The molecule has 0 aliphatic carbocycles. The van der Waals surface area contributed by atoms with E-state index in [1.54, 1.807) is 11.0 Å². The van der Waals surface area contributed by atoms with Gasteiger partial charge in [-0.2, -0.15) is 5.26 Å². The summed E-state index contributed by atoms with van der Waals surface area (Å²) in [6, 6.07) is 6.44. The van der Waals surface area contributed by atoms with Crippen LogP contribution in [0.2, 0.25) is 0 Å². The van der Waals surface area contributed by atoms with Crippen LogP contribution >= 0.6 is 0 Å². The number of ether oxygens (including phenoxy) is 1. The summed E-state index contributed by atoms with van der Waals surface area (Å²) in [4.78, 5) is 26.8. The second-order valence-electron chi connectivity index (χ2n) is 6.67. The van der Waals surface area contributed by atoms with E-state index >= 15 is 0 Å². The van der Waals surface area contributed by atoms with Crippen molar-refractivity contribution < 1.29 is 13.9 Å². The number of amides is 1. The van der Waals surface area contributed by atoms with Gasteiger partial charge in [0.25, 0.3) is 5.91 Å². The minimum absolute atomic E-state index is 0.0188. The van der Waals surface area contributed by atoms with Crippen molar-refractivity contribution in [2.45, 2.75) is 13.0 Å². The molecule has 4 rings (SSSR count). The van der Waals surface area contributed by atoms with Crippen LogP contribution in [0.1, 0.15) is 27.3 Å². The molecule has 1 amide bonds. The summed E-state index contributed by atoms with van der Waals surface area (Å²) >= 11 is 0. The number of pyridine rings is 1. The number of carbonyl (C=O) groups excluding carboxylic acids is 1. The highest BCUT2D eigenvalue weighted by atomic mass is 19.1. The Labute approximate surface area is 171 Å². The highest BCUT2D eigenvalue weighted by Gasteiger charge is 2.30. The van der Waals surface area contributed by atoms with Gasteiger partial charge in [0.15, 0.2) is 0 Å². The molecule has 1 aromatic carbocycles. The maximum absolute atomic E-state index is 14.9. The third-order valence-corrected chi connectivity index (χ3v) is 5.01. The molecule has 3 aromatic rings. The first-order chi connectivity index (χ1) is 14.5. The number of hydrogen-bond donors (Lipinski definition) is 1. The molecule has 0 saturated carbocycles. The van der Waals surface area contributed by atoms with E-state index in [-0.39, 0.29) is 40.8 Å². The number of nitrogens with two attached hydrogens (primary N) is 1. The van der Waals surface area contributed by atoms with Gasteiger partial charge in [0, 0.05) is 43.0 Å². The molecule has 0 radical (unpaired) electrons. The van der Waals surface area contributed by atoms with Crippen molar-refractivity contribution in [3.05, 3.63) is 65.1 Å². The third-order valence-electron chi connectivity index (χ3n) is 5.01. The van der Waals surface area contributed by atoms with Gasteiger partial charge in [-0.05, 0) is 12.1 Å². The molecule has 1 aliphatic rings. The topological polar surface area (TPSA) is 118 Å². The van der Waals surface area contributed by atoms with Crippen molar-refractivity contribution in [1.29, 1.82) is 5.26 Å². The fourth-order valence-corrected chi connectivity index (χ4v) is 3.63. The summed E-state index contributed by atoms with van der Waals surface area (Å²) in [5, 5.41) is 9.74. The van der Waals surface area contributed by atoms with Crippen molar-refractivity contribution in [2.24, 2.45) is 0 Å². The molecule has 0 atom stereocenters. The second kappa shape index (κ2) is 7.75. The zero-order chi connectivity index (χ0) is 21.3. The van der Waals surface area contributed by atoms with Gasteiger partial charge in [0.2, 0.25) is 0 Å². The molecule has 3 heterocycles. The number of anilines is 1. The summed E-state index contributed by atoms with van der Waals surface area (Å²) in [7, 11) is 1.42. The van der Waals surface area contributed by atoms with Crippen LogP contribution in [-0.2, 0) is 13.0 Å². The Morgan fingerprint density at radius 2 is 2.17 bits per heavy atom. The van der Waals surface area contributed by atoms with Crippen molar-refractivity contribution in [3.63, 3.8) is 0 Å². The number of carbonyl (C=O) groups is 1. The Morgan fingerprint density at radius 3 is 2.87 bits per heavy atom. The SMILES string of the molecule is COc1cccc(F)c1-c1c(C#N)c(N)nc2c1CN(C(=O)c1cnccn1)CC2. The van der Waals surface area contributed by atoms with Crippen molar-refractivity contribution in [3.8, 4) is 22.9 Å². The summed E-state index contributed by atoms with van der Waals surface area (Å²) in [6.45, 7) is 0.508. The molecule has 1 aliphatic heterocycles. The molecule has 0 bridgehead atoms. The standard InChI is InChI=1S/C21H17FN6O2/c1-30-17-4-2-3-14(22)19(17)18-12(9-23)20(24)27-15-5-8-28(11-13(15)18)21(29)16-10-25-6-7-26-16/h2-4,6-7,10H,5,8,11H2,1H3,(H2,24,27). The lowest BCUT2D eigenvalue weighted by atomic mass is 9.90. The van der Waals surface area contributed by atoms with E-state index in [4.69, 9.17) is 10.5 Å². The number of fused-ring (bicyclic) bond motifs is 1. The van der Waals surface area contributed by atoms with Crippen molar-refractivity contribution >= 4 is 11.7 Å². The predicted octanol–water partition coefficient (Wildman–Crippen LogP) is 2.34. The van der Waals surface area contributed by atoms with Crippen LogP contribution in [0.5, 0.6) is 5.75 Å². The first-order valence-corrected chi connectivity index (χ1v) is 9.14. The van der Waals surface area contributed by atoms with Crippen LogP contribution < -0.4 is 10.5 Å². The highest BCUT2D eigenvalue weighted by Crippen LogP contribution is 2.41. The second-order valence-corrected chi connectivity index (χ2v) is 6.67. The van der Waals surface area contributed by atoms with E-state index < -0.39 is 5.82 Å². The van der Waals surface area contributed by atoms with Gasteiger partial charge in [-0.15, -0.1) is 0 Å². The molecule has 8 nitrogen and oxygen atoms in total. The van der Waals surface area contributed by atoms with Crippen LogP contribution in [0.3, 0.4) is 0 Å². The smallest absolute Gasteiger partial charge is 0.274 e. The zero-order valence-corrected chi connectivity index (χ0v) is 16.1. The minimum atomic E-state index is -0.559. The maximum Gasteiger partial charge on any atom is 0.274 e. The van der Waals surface area contributed by atoms with Crippen LogP contribution in [-0.4, -0.2) is 39.4 Å². The zero-order valence-electron chi connectivity index (χ0n) is 16.1. The number of nitrogens with zero attached hydrogens (tertiary/aromatic N) is 5. The lowest BCUT2D eigenvalue weighted by Crippen LogP contribution is -2.37. The van der Waals surface area contributed by atoms with Gasteiger partial charge in [-0.3, -0.25) is 9.78 Å². The monoisotopic (exact) mass is 404 g/mol. The first kappa shape index (κ1) is 19.3. The van der Waals surface area contributed by atoms with Crippen molar-refractivity contribution in [2.75, 3.05) is 19.4 Å². The molecule has 150 valence electrons. The number of benzene rings is 1. The number of aromatic nitrogens is 3. The number of nitriles is 1. The Balaban J connectivity index is 1.89. The lowest BCUT2D eigenvalue weighted by molar-refractivity contribution is 0.0727. The highest BCUT2D eigenvalue weighted by molar-refractivity contribution is 5.92. The summed E-state index contributed by atoms with van der Waals surface area (Å²) in [5.41, 5.74) is 7.88. The number of methoxy groups -OCH3 is 1. The van der Waals surface area contributed by atoms with Crippen LogP contribution in [0.25, 0.3) is 11.1 Å². The molecular formula is C21H17FN6O2. The normalized spacial score (nSPS) is 12.8. The summed E-state index contributed by atoms with van der Waals surface area (Å²) in [6.07, 6.45) is 4.72. The molecular weight excluding hydrogens is 387 g/mol. The van der Waals surface area contributed by atoms with Gasteiger partial charge in [0.1, 0.15) is 34.7 Å². The number of nitrogen functional groups attached to an aromatic ring is 1. The van der Waals surface area contributed by atoms with Gasteiger partial charge < -0.3 is 15.4 Å². The van der Waals surface area contributed by atoms with Crippen LogP contribution in [0, 0.1) is 17.1 Å². The van der Waals surface area contributed by atoms with Crippen molar-refractivity contribution in [1.82, 2.24) is 19.9 Å². The minimum Gasteiger partial charge on any atom is -0.496 e. The third kappa shape index (κ3) is 3.18. The maximum atomic E-state index is 14.9. The molecule has 0 spiro atoms. The summed E-state index contributed by atoms with van der Waals surface area (Å²) < 4.78 is 20.3. The molecule has 0 fully saturated rings. The fourth-order valence-electron chi connectivity index (χ4n) is 3.63. The van der Waals surface area contributed by atoms with E-state index in [0.29, 0.717) is 29.8 Å². The van der Waals surface area contributed by atoms with Gasteiger partial charge in [0.05, 0.1) is 24.6 Å². The Hall–Kier alpha value is -4.06. The fraction of sp³-hybridized carbons (Fsp3) is 0.190. The van der Waals surface area contributed by atoms with Crippen LogP contribution in [0.4, 0.5) is 10.2 Å². The Bertz CT molecular complexity index is 1180. The molecule has 9 heteroatoms. The molecule has 0 saturated heterocycles. The lowest BCUT2D eigenvalue weighted by Gasteiger charge is -2.30. The van der Waals surface area contributed by atoms with Gasteiger partial charge >= 0.3 is 0 Å². The number of hydrogen-bond acceptors (Lipinski definition) is 7. The van der Waals surface area contributed by atoms with E-state index in [0.717, 1.165) is 0 Å². The van der Waals surface area contributed by atoms with E-state index in [9.17, 15) is 14.4 Å². The average molecular weight is 404 g/mol. The van der Waals surface area contributed by atoms with E-state index in [1.165, 1.54) is 37.8 Å². The van der Waals surface area contributed by atoms with Gasteiger partial charge in [-0.25, -0.2) is 14.4 Å². The largest absolute Gasteiger partial charge is 0.496 e. The predicted molar refractivity (Wildman–Crippen MR) is 106 cm³/mol. The number of rotatable bonds is 3.